The summed E-state index contributed by atoms with van der Waals surface area (Å²) in [5.74, 6) is -3.00. The van der Waals surface area contributed by atoms with Crippen molar-refractivity contribution in [2.45, 2.75) is 32.2 Å². The Kier molecular flexibility index (Phi) is 6.41. The topological polar surface area (TPSA) is 110 Å². The van der Waals surface area contributed by atoms with Gasteiger partial charge in [0, 0.05) is 12.5 Å². The maximum Gasteiger partial charge on any atom is 0.326 e. The van der Waals surface area contributed by atoms with Crippen molar-refractivity contribution in [3.8, 4) is 0 Å². The molecule has 1 heterocycles. The first-order valence-electron chi connectivity index (χ1n) is 6.66. The second-order valence-electron chi connectivity index (χ2n) is 4.95. The van der Waals surface area contributed by atoms with Crippen molar-refractivity contribution in [3.05, 3.63) is 0 Å². The molecule has 0 aromatic heterocycles. The fourth-order valence-electron chi connectivity index (χ4n) is 2.21. The second kappa shape index (κ2) is 7.58. The first-order chi connectivity index (χ1) is 9.35. The molecule has 1 amide bonds. The monoisotopic (exact) mass is 307 g/mol. The molecule has 116 valence electrons. The lowest BCUT2D eigenvalue weighted by atomic mass is 9.94. The van der Waals surface area contributed by atoms with Crippen LogP contribution in [0.5, 0.6) is 0 Å². The van der Waals surface area contributed by atoms with E-state index in [4.69, 9.17) is 9.84 Å². The highest BCUT2D eigenvalue weighted by Crippen LogP contribution is 2.17. The fourth-order valence-corrected chi connectivity index (χ4v) is 3.46. The van der Waals surface area contributed by atoms with Crippen LogP contribution in [0.1, 0.15) is 26.2 Å². The molecule has 20 heavy (non-hydrogen) atoms. The molecule has 2 atom stereocenters. The lowest BCUT2D eigenvalue weighted by Crippen LogP contribution is -2.49. The van der Waals surface area contributed by atoms with Crippen LogP contribution >= 0.6 is 0 Å². The van der Waals surface area contributed by atoms with Gasteiger partial charge in [0.2, 0.25) is 5.91 Å². The summed E-state index contributed by atoms with van der Waals surface area (Å²) >= 11 is 0. The van der Waals surface area contributed by atoms with E-state index in [-0.39, 0.29) is 18.3 Å². The Morgan fingerprint density at radius 3 is 2.65 bits per heavy atom. The number of carboxylic acids is 1. The van der Waals surface area contributed by atoms with Crippen LogP contribution < -0.4 is 5.32 Å². The lowest BCUT2D eigenvalue weighted by molar-refractivity contribution is -0.144. The van der Waals surface area contributed by atoms with Gasteiger partial charge in [0.1, 0.15) is 11.8 Å². The summed E-state index contributed by atoms with van der Waals surface area (Å²) in [6.07, 6.45) is 1.80. The van der Waals surface area contributed by atoms with Crippen LogP contribution in [0.2, 0.25) is 0 Å². The van der Waals surface area contributed by atoms with Crippen molar-refractivity contribution in [2.75, 3.05) is 24.7 Å². The number of carboxylic acid groups (broad SMARTS) is 1. The number of hydrogen-bond donors (Lipinski definition) is 2. The lowest BCUT2D eigenvalue weighted by Gasteiger charge is -2.28. The zero-order valence-corrected chi connectivity index (χ0v) is 12.3. The average molecular weight is 307 g/mol. The number of hydrogen-bond acceptors (Lipinski definition) is 5. The minimum absolute atomic E-state index is 0.0787. The van der Waals surface area contributed by atoms with E-state index in [2.05, 4.69) is 5.32 Å². The third-order valence-electron chi connectivity index (χ3n) is 3.12. The summed E-state index contributed by atoms with van der Waals surface area (Å²) in [4.78, 5) is 22.9. The molecule has 0 aromatic carbocycles. The predicted molar refractivity (Wildman–Crippen MR) is 72.1 cm³/mol. The number of aliphatic carboxylic acids is 1. The molecule has 1 fully saturated rings. The normalized spacial score (nSPS) is 21.1. The smallest absolute Gasteiger partial charge is 0.326 e. The second-order valence-corrected chi connectivity index (χ2v) is 7.14. The van der Waals surface area contributed by atoms with Gasteiger partial charge in [0.15, 0.2) is 9.84 Å². The van der Waals surface area contributed by atoms with Gasteiger partial charge in [0.25, 0.3) is 0 Å². The zero-order valence-electron chi connectivity index (χ0n) is 11.5. The molecular formula is C12H21NO6S. The molecule has 0 bridgehead atoms. The molecule has 8 heteroatoms. The molecule has 1 rings (SSSR count). The minimum atomic E-state index is -3.47. The molecule has 0 saturated carbocycles. The van der Waals surface area contributed by atoms with E-state index >= 15 is 0 Å². The van der Waals surface area contributed by atoms with E-state index < -0.39 is 33.5 Å². The molecule has 0 aromatic rings. The Morgan fingerprint density at radius 2 is 2.15 bits per heavy atom. The maximum absolute atomic E-state index is 11.7. The fraction of sp³-hybridized carbons (Fsp3) is 0.833. The standard InChI is InChI=1S/C12H21NO6S/c1-2-6-20(17,18)8-10(14)13-11(12(15)16)9-4-3-5-19-7-9/h9,11H,2-8H2,1H3,(H,13,14)(H,15,16). The van der Waals surface area contributed by atoms with Crippen molar-refractivity contribution in [3.63, 3.8) is 0 Å². The zero-order chi connectivity index (χ0) is 15.2. The molecule has 2 N–H and O–H groups in total. The Balaban J connectivity index is 2.61. The van der Waals surface area contributed by atoms with Gasteiger partial charge in [-0.05, 0) is 19.3 Å². The number of carbonyl (C=O) groups is 2. The van der Waals surface area contributed by atoms with Gasteiger partial charge in [-0.15, -0.1) is 0 Å². The van der Waals surface area contributed by atoms with Crippen LogP contribution in [-0.4, -0.2) is 56.2 Å². The first-order valence-corrected chi connectivity index (χ1v) is 8.48. The molecule has 0 radical (unpaired) electrons. The van der Waals surface area contributed by atoms with Gasteiger partial charge in [-0.1, -0.05) is 6.92 Å². The van der Waals surface area contributed by atoms with Crippen molar-refractivity contribution in [1.82, 2.24) is 5.32 Å². The van der Waals surface area contributed by atoms with E-state index in [0.717, 1.165) is 6.42 Å². The summed E-state index contributed by atoms with van der Waals surface area (Å²) in [6.45, 7) is 2.55. The average Bonchev–Trinajstić information content (AvgIpc) is 2.36. The molecular weight excluding hydrogens is 286 g/mol. The number of carbonyl (C=O) groups excluding carboxylic acids is 1. The SMILES string of the molecule is CCCS(=O)(=O)CC(=O)NC(C(=O)O)C1CCCOC1. The molecule has 2 unspecified atom stereocenters. The van der Waals surface area contributed by atoms with Crippen LogP contribution in [0.25, 0.3) is 0 Å². The highest BCUT2D eigenvalue weighted by atomic mass is 32.2. The summed E-state index contributed by atoms with van der Waals surface area (Å²) in [6, 6.07) is -1.10. The summed E-state index contributed by atoms with van der Waals surface area (Å²) < 4.78 is 28.3. The summed E-state index contributed by atoms with van der Waals surface area (Å²) in [5.41, 5.74) is 0. The number of amides is 1. The van der Waals surface area contributed by atoms with Crippen LogP contribution in [0.4, 0.5) is 0 Å². The number of rotatable bonds is 7. The van der Waals surface area contributed by atoms with Crippen molar-refractivity contribution < 1.29 is 27.9 Å². The Labute approximate surface area is 118 Å². The van der Waals surface area contributed by atoms with E-state index in [0.29, 0.717) is 19.4 Å². The third kappa shape index (κ3) is 5.46. The summed E-state index contributed by atoms with van der Waals surface area (Å²) in [5, 5.41) is 11.5. The van der Waals surface area contributed by atoms with E-state index in [9.17, 15) is 18.0 Å². The van der Waals surface area contributed by atoms with Crippen molar-refractivity contribution >= 4 is 21.7 Å². The number of sulfone groups is 1. The Morgan fingerprint density at radius 1 is 1.45 bits per heavy atom. The first kappa shape index (κ1) is 16.9. The molecule has 1 aliphatic rings. The van der Waals surface area contributed by atoms with Gasteiger partial charge in [0.05, 0.1) is 12.4 Å². The van der Waals surface area contributed by atoms with Gasteiger partial charge >= 0.3 is 5.97 Å². The molecule has 1 aliphatic heterocycles. The van der Waals surface area contributed by atoms with E-state index in [1.165, 1.54) is 0 Å². The largest absolute Gasteiger partial charge is 0.480 e. The molecule has 7 nitrogen and oxygen atoms in total. The van der Waals surface area contributed by atoms with Crippen LogP contribution in [0.3, 0.4) is 0 Å². The Hall–Kier alpha value is -1.15. The Bertz CT molecular complexity index is 441. The van der Waals surface area contributed by atoms with Crippen molar-refractivity contribution in [1.29, 1.82) is 0 Å². The minimum Gasteiger partial charge on any atom is -0.480 e. The van der Waals surface area contributed by atoms with Gasteiger partial charge < -0.3 is 15.2 Å². The highest BCUT2D eigenvalue weighted by molar-refractivity contribution is 7.92. The molecule has 1 saturated heterocycles. The van der Waals surface area contributed by atoms with E-state index in [1.54, 1.807) is 6.92 Å². The van der Waals surface area contributed by atoms with Crippen LogP contribution in [0.15, 0.2) is 0 Å². The van der Waals surface area contributed by atoms with Gasteiger partial charge in [-0.25, -0.2) is 13.2 Å². The predicted octanol–water partition coefficient (Wildman–Crippen LogP) is -0.193. The third-order valence-corrected chi connectivity index (χ3v) is 4.85. The number of ether oxygens (including phenoxy) is 1. The molecule has 0 spiro atoms. The quantitative estimate of drug-likeness (QED) is 0.674. The van der Waals surface area contributed by atoms with Crippen molar-refractivity contribution in [2.24, 2.45) is 5.92 Å². The number of nitrogens with one attached hydrogen (secondary N) is 1. The highest BCUT2D eigenvalue weighted by Gasteiger charge is 2.32. The van der Waals surface area contributed by atoms with E-state index in [1.807, 2.05) is 0 Å². The summed E-state index contributed by atoms with van der Waals surface area (Å²) in [7, 11) is -3.47. The van der Waals surface area contributed by atoms with Crippen LogP contribution in [0, 0.1) is 5.92 Å². The van der Waals surface area contributed by atoms with Gasteiger partial charge in [-0.3, -0.25) is 4.79 Å². The van der Waals surface area contributed by atoms with Crippen LogP contribution in [-0.2, 0) is 24.2 Å². The maximum atomic E-state index is 11.7. The van der Waals surface area contributed by atoms with Gasteiger partial charge in [-0.2, -0.15) is 0 Å². The molecule has 0 aliphatic carbocycles.